The van der Waals surface area contributed by atoms with Crippen molar-refractivity contribution in [2.45, 2.75) is 82.6 Å². The van der Waals surface area contributed by atoms with E-state index in [0.717, 1.165) is 38.5 Å². The van der Waals surface area contributed by atoms with Crippen molar-refractivity contribution in [1.82, 2.24) is 15.5 Å². The van der Waals surface area contributed by atoms with Gasteiger partial charge in [-0.25, -0.2) is 0 Å². The molecule has 6 nitrogen and oxygen atoms in total. The molecule has 1 aliphatic heterocycles. The lowest BCUT2D eigenvalue weighted by Crippen LogP contribution is -2.57. The van der Waals surface area contributed by atoms with Gasteiger partial charge in [0.15, 0.2) is 0 Å². The average molecular weight is 511 g/mol. The van der Waals surface area contributed by atoms with Crippen LogP contribution in [0.15, 0.2) is 24.3 Å². The summed E-state index contributed by atoms with van der Waals surface area (Å²) in [6.07, 6.45) is 14.7. The number of hydrogen-bond donors (Lipinski definition) is 2. The summed E-state index contributed by atoms with van der Waals surface area (Å²) in [5, 5.41) is 5.75. The molecular formula is C25H40BrN3O3. The van der Waals surface area contributed by atoms with Gasteiger partial charge in [0.05, 0.1) is 4.83 Å². The van der Waals surface area contributed by atoms with Gasteiger partial charge in [-0.1, -0.05) is 80.3 Å². The molecule has 1 saturated heterocycles. The van der Waals surface area contributed by atoms with E-state index in [1.807, 2.05) is 13.8 Å². The summed E-state index contributed by atoms with van der Waals surface area (Å²) in [5.41, 5.74) is 0. The Bertz CT molecular complexity index is 707. The Hall–Kier alpha value is -1.63. The number of carbonyl (C=O) groups is 3. The third kappa shape index (κ3) is 7.19. The van der Waals surface area contributed by atoms with Crippen LogP contribution in [0.5, 0.6) is 0 Å². The zero-order valence-corrected chi connectivity index (χ0v) is 21.6. The highest BCUT2D eigenvalue weighted by molar-refractivity contribution is 9.10. The molecule has 3 amide bonds. The molecule has 2 aliphatic rings. The van der Waals surface area contributed by atoms with E-state index in [1.54, 1.807) is 11.9 Å². The summed E-state index contributed by atoms with van der Waals surface area (Å²) in [4.78, 5) is 40.6. The van der Waals surface area contributed by atoms with E-state index >= 15 is 0 Å². The number of allylic oxidation sites excluding steroid dienone is 4. The second kappa shape index (κ2) is 13.2. The molecule has 0 aromatic rings. The molecule has 2 rings (SSSR count). The Morgan fingerprint density at radius 3 is 2.56 bits per heavy atom. The number of unbranched alkanes of at least 4 members (excludes halogenated alkanes) is 2. The van der Waals surface area contributed by atoms with Gasteiger partial charge in [-0.3, -0.25) is 14.4 Å². The van der Waals surface area contributed by atoms with E-state index in [9.17, 15) is 14.4 Å². The minimum absolute atomic E-state index is 0.0257. The monoisotopic (exact) mass is 509 g/mol. The zero-order valence-electron chi connectivity index (χ0n) is 20.0. The summed E-state index contributed by atoms with van der Waals surface area (Å²) in [7, 11) is 1.60. The van der Waals surface area contributed by atoms with Gasteiger partial charge >= 0.3 is 0 Å². The van der Waals surface area contributed by atoms with Crippen LogP contribution in [0.4, 0.5) is 0 Å². The number of nitrogens with zero attached hydrogens (tertiary/aromatic N) is 1. The van der Waals surface area contributed by atoms with Crippen molar-refractivity contribution >= 4 is 33.7 Å². The van der Waals surface area contributed by atoms with E-state index in [1.165, 1.54) is 0 Å². The smallest absolute Gasteiger partial charge is 0.245 e. The molecule has 0 saturated carbocycles. The van der Waals surface area contributed by atoms with Crippen molar-refractivity contribution in [3.8, 4) is 0 Å². The third-order valence-electron chi connectivity index (χ3n) is 6.62. The van der Waals surface area contributed by atoms with E-state index < -0.39 is 12.1 Å². The molecule has 0 aromatic carbocycles. The van der Waals surface area contributed by atoms with Gasteiger partial charge in [0.1, 0.15) is 12.1 Å². The largest absolute Gasteiger partial charge is 0.357 e. The van der Waals surface area contributed by atoms with Gasteiger partial charge in [-0.2, -0.15) is 0 Å². The fourth-order valence-electron chi connectivity index (χ4n) is 4.79. The van der Waals surface area contributed by atoms with Crippen LogP contribution in [0.3, 0.4) is 0 Å². The fraction of sp³-hybridized carbons (Fsp3) is 0.720. The van der Waals surface area contributed by atoms with Crippen LogP contribution < -0.4 is 10.6 Å². The summed E-state index contributed by atoms with van der Waals surface area (Å²) < 4.78 is 0. The molecule has 180 valence electrons. The number of hydrogen-bond acceptors (Lipinski definition) is 3. The minimum atomic E-state index is -0.619. The number of nitrogens with one attached hydrogen (secondary N) is 2. The minimum Gasteiger partial charge on any atom is -0.357 e. The molecular weight excluding hydrogens is 470 g/mol. The van der Waals surface area contributed by atoms with Crippen molar-refractivity contribution < 1.29 is 14.4 Å². The van der Waals surface area contributed by atoms with E-state index in [-0.39, 0.29) is 34.4 Å². The molecule has 1 aliphatic carbocycles. The van der Waals surface area contributed by atoms with E-state index in [4.69, 9.17) is 0 Å². The summed E-state index contributed by atoms with van der Waals surface area (Å²) in [6, 6.07) is -1.16. The fourth-order valence-corrected chi connectivity index (χ4v) is 5.25. The molecule has 7 heteroatoms. The maximum Gasteiger partial charge on any atom is 0.245 e. The molecule has 1 fully saturated rings. The molecule has 0 spiro atoms. The molecule has 0 bridgehead atoms. The number of amides is 3. The molecule has 4 unspecified atom stereocenters. The van der Waals surface area contributed by atoms with E-state index in [0.29, 0.717) is 18.9 Å². The van der Waals surface area contributed by atoms with Crippen LogP contribution in [-0.4, -0.2) is 53.1 Å². The number of alkyl halides is 1. The van der Waals surface area contributed by atoms with Crippen LogP contribution in [0.1, 0.15) is 65.7 Å². The Morgan fingerprint density at radius 1 is 1.22 bits per heavy atom. The summed E-state index contributed by atoms with van der Waals surface area (Å²) in [5.74, 6) is 0.139. The molecule has 1 heterocycles. The van der Waals surface area contributed by atoms with Crippen LogP contribution in [-0.2, 0) is 14.4 Å². The molecule has 2 N–H and O–H groups in total. The maximum absolute atomic E-state index is 13.6. The zero-order chi connectivity index (χ0) is 23.7. The lowest BCUT2D eigenvalue weighted by Gasteiger charge is -2.34. The first-order valence-electron chi connectivity index (χ1n) is 12.1. The lowest BCUT2D eigenvalue weighted by atomic mass is 9.81. The quantitative estimate of drug-likeness (QED) is 0.345. The molecule has 0 radical (unpaired) electrons. The number of carbonyl (C=O) groups excluding carboxylic acids is 3. The highest BCUT2D eigenvalue weighted by Gasteiger charge is 2.40. The number of rotatable bonds is 10. The lowest BCUT2D eigenvalue weighted by molar-refractivity contribution is -0.144. The standard InChI is InChI=1S/C25H40BrN3O3/c1-5-6-8-13-20(26)23(30)28-21-16-19(18-11-9-7-10-12-18)14-15-29(25(21)32)22(17(2)3)24(31)27-4/h7,9-11,17-22H,5-6,8,12-16H2,1-4H3,(H,27,31)(H,28,30)/t18-,19?,20?,21?,22?/m1/s1. The topological polar surface area (TPSA) is 78.5 Å². The van der Waals surface area contributed by atoms with Gasteiger partial charge in [0.25, 0.3) is 0 Å². The van der Waals surface area contributed by atoms with Gasteiger partial charge in [0, 0.05) is 13.6 Å². The first-order valence-corrected chi connectivity index (χ1v) is 13.0. The van der Waals surface area contributed by atoms with Crippen molar-refractivity contribution in [3.63, 3.8) is 0 Å². The van der Waals surface area contributed by atoms with Crippen molar-refractivity contribution in [3.05, 3.63) is 24.3 Å². The maximum atomic E-state index is 13.6. The second-order valence-corrected chi connectivity index (χ2v) is 10.5. The van der Waals surface area contributed by atoms with Crippen LogP contribution in [0.2, 0.25) is 0 Å². The predicted molar refractivity (Wildman–Crippen MR) is 132 cm³/mol. The van der Waals surface area contributed by atoms with Gasteiger partial charge in [0.2, 0.25) is 17.7 Å². The number of likely N-dealkylation sites (N-methyl/N-ethyl adjacent to an activating group) is 1. The predicted octanol–water partition coefficient (Wildman–Crippen LogP) is 3.96. The van der Waals surface area contributed by atoms with Gasteiger partial charge < -0.3 is 15.5 Å². The normalized spacial score (nSPS) is 25.4. The Labute approximate surface area is 201 Å². The summed E-state index contributed by atoms with van der Waals surface area (Å²) >= 11 is 3.51. The summed E-state index contributed by atoms with van der Waals surface area (Å²) in [6.45, 7) is 6.57. The second-order valence-electron chi connectivity index (χ2n) is 9.36. The number of likely N-dealkylation sites (tertiary alicyclic amines) is 1. The SMILES string of the molecule is CCCCCC(Br)C(=O)NC1CC([C@@H]2C=CC=CC2)CCN(C(C(=O)NC)C(C)C)C1=O. The van der Waals surface area contributed by atoms with Gasteiger partial charge in [-0.15, -0.1) is 0 Å². The Kier molecular flexibility index (Phi) is 11.0. The van der Waals surface area contributed by atoms with Crippen LogP contribution in [0.25, 0.3) is 0 Å². The van der Waals surface area contributed by atoms with Crippen molar-refractivity contribution in [2.75, 3.05) is 13.6 Å². The molecule has 32 heavy (non-hydrogen) atoms. The Morgan fingerprint density at radius 2 is 1.97 bits per heavy atom. The third-order valence-corrected chi connectivity index (χ3v) is 7.50. The highest BCUT2D eigenvalue weighted by Crippen LogP contribution is 2.32. The van der Waals surface area contributed by atoms with Gasteiger partial charge in [-0.05, 0) is 43.4 Å². The average Bonchev–Trinajstić information content (AvgIpc) is 2.94. The Balaban J connectivity index is 2.24. The number of halogens is 1. The first-order chi connectivity index (χ1) is 15.3. The van der Waals surface area contributed by atoms with Crippen LogP contribution in [0, 0.1) is 17.8 Å². The molecule has 5 atom stereocenters. The van der Waals surface area contributed by atoms with Crippen molar-refractivity contribution in [2.24, 2.45) is 17.8 Å². The molecule has 0 aromatic heterocycles. The van der Waals surface area contributed by atoms with E-state index in [2.05, 4.69) is 57.8 Å². The van der Waals surface area contributed by atoms with Crippen molar-refractivity contribution in [1.29, 1.82) is 0 Å². The highest BCUT2D eigenvalue weighted by atomic mass is 79.9. The van der Waals surface area contributed by atoms with Crippen LogP contribution >= 0.6 is 15.9 Å². The first kappa shape index (κ1) is 26.6.